The van der Waals surface area contributed by atoms with Crippen molar-refractivity contribution in [3.8, 4) is 0 Å². The lowest BCUT2D eigenvalue weighted by atomic mass is 10.3. The van der Waals surface area contributed by atoms with E-state index in [0.29, 0.717) is 35.4 Å². The number of hydrogen-bond donors (Lipinski definition) is 8. The molecule has 0 saturated heterocycles. The van der Waals surface area contributed by atoms with Gasteiger partial charge in [-0.15, -0.1) is 0 Å². The summed E-state index contributed by atoms with van der Waals surface area (Å²) in [6.45, 7) is 0. The summed E-state index contributed by atoms with van der Waals surface area (Å²) < 4.78 is 0. The Morgan fingerprint density at radius 3 is 1.44 bits per heavy atom. The number of aromatic amines is 4. The van der Waals surface area contributed by atoms with Gasteiger partial charge in [0.15, 0.2) is 11.6 Å². The molecule has 2 aliphatic carbocycles. The SMILES string of the molecule is c1cc(Nc2cc(C3CC3)[nH]n2)nc(Nc2ccc3nc[nH]c3c2)n1.c1cc(Nc2cc(C3CC3)[nH]n2)nc(Nc2ccc3nc[nH]c3c2)n1. The number of H-pyrrole nitrogens is 4. The number of fused-ring (bicyclic) bond motifs is 2. The molecule has 0 bridgehead atoms. The van der Waals surface area contributed by atoms with Crippen LogP contribution in [0.25, 0.3) is 22.1 Å². The standard InChI is InChI=1S/2C17H16N8/c2*1-2-10(1)13-8-16(25-24-13)22-15-5-6-18-17(23-15)21-11-3-4-12-14(7-11)20-9-19-12/h2*3-10H,1-2H2,(H,19,20)(H3,18,21,22,23,24,25). The van der Waals surface area contributed by atoms with Crippen LogP contribution in [-0.2, 0) is 0 Å². The second-order valence-electron chi connectivity index (χ2n) is 12.3. The summed E-state index contributed by atoms with van der Waals surface area (Å²) in [5.74, 6) is 5.23. The molecular weight excluding hydrogens is 632 g/mol. The van der Waals surface area contributed by atoms with Crippen LogP contribution < -0.4 is 21.3 Å². The number of benzene rings is 2. The Morgan fingerprint density at radius 2 is 0.980 bits per heavy atom. The quantitative estimate of drug-likeness (QED) is 0.0751. The highest BCUT2D eigenvalue weighted by molar-refractivity contribution is 5.80. The number of anilines is 8. The van der Waals surface area contributed by atoms with Crippen molar-refractivity contribution in [1.29, 1.82) is 0 Å². The van der Waals surface area contributed by atoms with E-state index in [1.165, 1.54) is 37.1 Å². The van der Waals surface area contributed by atoms with E-state index in [9.17, 15) is 0 Å². The summed E-state index contributed by atoms with van der Waals surface area (Å²) in [5, 5.41) is 27.6. The van der Waals surface area contributed by atoms with Crippen molar-refractivity contribution in [3.63, 3.8) is 0 Å². The number of nitrogens with zero attached hydrogens (tertiary/aromatic N) is 8. The number of imidazole rings is 2. The van der Waals surface area contributed by atoms with Crippen molar-refractivity contribution in [3.05, 3.63) is 97.1 Å². The van der Waals surface area contributed by atoms with Gasteiger partial charge in [-0.05, 0) is 74.2 Å². The van der Waals surface area contributed by atoms with Crippen LogP contribution in [0.3, 0.4) is 0 Å². The molecule has 0 spiro atoms. The van der Waals surface area contributed by atoms with Crippen LogP contribution in [0.2, 0.25) is 0 Å². The minimum absolute atomic E-state index is 0.516. The third-order valence-corrected chi connectivity index (χ3v) is 8.41. The highest BCUT2D eigenvalue weighted by atomic mass is 15.2. The maximum absolute atomic E-state index is 4.49. The molecular formula is C34H32N16. The Balaban J connectivity index is 0.000000135. The zero-order valence-electron chi connectivity index (χ0n) is 26.6. The summed E-state index contributed by atoms with van der Waals surface area (Å²) in [7, 11) is 0. The molecule has 248 valence electrons. The maximum atomic E-state index is 4.49. The maximum Gasteiger partial charge on any atom is 0.229 e. The first-order valence-corrected chi connectivity index (χ1v) is 16.4. The topological polar surface area (TPSA) is 214 Å². The molecule has 50 heavy (non-hydrogen) atoms. The van der Waals surface area contributed by atoms with Gasteiger partial charge in [-0.2, -0.15) is 20.2 Å². The van der Waals surface area contributed by atoms with Crippen LogP contribution in [0, 0.1) is 0 Å². The van der Waals surface area contributed by atoms with E-state index >= 15 is 0 Å². The molecule has 6 heterocycles. The third kappa shape index (κ3) is 6.75. The molecule has 2 aliphatic rings. The van der Waals surface area contributed by atoms with Crippen molar-refractivity contribution in [1.82, 2.24) is 60.3 Å². The predicted molar refractivity (Wildman–Crippen MR) is 191 cm³/mol. The van der Waals surface area contributed by atoms with Gasteiger partial charge in [-0.25, -0.2) is 19.9 Å². The van der Waals surface area contributed by atoms with Gasteiger partial charge in [-0.1, -0.05) is 0 Å². The number of nitrogens with one attached hydrogen (secondary N) is 8. The smallest absolute Gasteiger partial charge is 0.229 e. The predicted octanol–water partition coefficient (Wildman–Crippen LogP) is 6.88. The number of hydrogen-bond acceptors (Lipinski definition) is 12. The minimum atomic E-state index is 0.516. The van der Waals surface area contributed by atoms with Gasteiger partial charge in [0.1, 0.15) is 11.6 Å². The minimum Gasteiger partial charge on any atom is -0.345 e. The molecule has 0 unspecified atom stereocenters. The van der Waals surface area contributed by atoms with Crippen molar-refractivity contribution in [2.45, 2.75) is 37.5 Å². The Morgan fingerprint density at radius 1 is 0.500 bits per heavy atom. The lowest BCUT2D eigenvalue weighted by molar-refractivity contribution is 0.966. The second kappa shape index (κ2) is 12.6. The fraction of sp³-hybridized carbons (Fsp3) is 0.176. The van der Waals surface area contributed by atoms with Crippen molar-refractivity contribution >= 4 is 68.6 Å². The summed E-state index contributed by atoms with van der Waals surface area (Å²) in [6, 6.07) is 19.4. The van der Waals surface area contributed by atoms with E-state index in [0.717, 1.165) is 45.1 Å². The first-order chi connectivity index (χ1) is 24.7. The average molecular weight is 665 g/mol. The first kappa shape index (κ1) is 29.3. The normalized spacial score (nSPS) is 13.9. The van der Waals surface area contributed by atoms with E-state index in [1.807, 2.05) is 60.7 Å². The molecule has 2 fully saturated rings. The van der Waals surface area contributed by atoms with Crippen LogP contribution in [0.5, 0.6) is 0 Å². The van der Waals surface area contributed by atoms with E-state index in [2.05, 4.69) is 81.5 Å². The van der Waals surface area contributed by atoms with Crippen molar-refractivity contribution in [2.24, 2.45) is 0 Å². The van der Waals surface area contributed by atoms with Crippen LogP contribution in [0.4, 0.5) is 46.5 Å². The van der Waals surface area contributed by atoms with Crippen molar-refractivity contribution in [2.75, 3.05) is 21.3 Å². The first-order valence-electron chi connectivity index (χ1n) is 16.4. The van der Waals surface area contributed by atoms with Crippen LogP contribution in [-0.4, -0.2) is 60.3 Å². The molecule has 2 aromatic carbocycles. The highest BCUT2D eigenvalue weighted by Crippen LogP contribution is 2.40. The highest BCUT2D eigenvalue weighted by Gasteiger charge is 2.26. The van der Waals surface area contributed by atoms with E-state index < -0.39 is 0 Å². The summed E-state index contributed by atoms with van der Waals surface area (Å²) >= 11 is 0. The monoisotopic (exact) mass is 664 g/mol. The molecule has 16 nitrogen and oxygen atoms in total. The fourth-order valence-electron chi connectivity index (χ4n) is 5.53. The van der Waals surface area contributed by atoms with Gasteiger partial charge in [0.05, 0.1) is 34.7 Å². The van der Waals surface area contributed by atoms with E-state index in [4.69, 9.17) is 0 Å². The molecule has 6 aromatic heterocycles. The molecule has 0 amide bonds. The fourth-order valence-corrected chi connectivity index (χ4v) is 5.53. The van der Waals surface area contributed by atoms with Crippen LogP contribution >= 0.6 is 0 Å². The Hall–Kier alpha value is -6.84. The summed E-state index contributed by atoms with van der Waals surface area (Å²) in [6.07, 6.45) is 11.7. The molecule has 0 radical (unpaired) electrons. The molecule has 2 saturated carbocycles. The van der Waals surface area contributed by atoms with Crippen molar-refractivity contribution < 1.29 is 0 Å². The Kier molecular flexibility index (Phi) is 7.41. The molecule has 0 aliphatic heterocycles. The van der Waals surface area contributed by atoms with E-state index in [-0.39, 0.29) is 0 Å². The van der Waals surface area contributed by atoms with Gasteiger partial charge in [-0.3, -0.25) is 10.2 Å². The van der Waals surface area contributed by atoms with Gasteiger partial charge in [0, 0.05) is 59.1 Å². The van der Waals surface area contributed by atoms with Gasteiger partial charge in [0.2, 0.25) is 11.9 Å². The molecule has 10 rings (SSSR count). The summed E-state index contributed by atoms with van der Waals surface area (Å²) in [5.41, 5.74) is 7.92. The Bertz CT molecular complexity index is 2230. The van der Waals surface area contributed by atoms with Crippen LogP contribution in [0.15, 0.2) is 85.7 Å². The van der Waals surface area contributed by atoms with Gasteiger partial charge < -0.3 is 31.2 Å². The molecule has 8 aromatic rings. The van der Waals surface area contributed by atoms with Crippen LogP contribution in [0.1, 0.15) is 48.9 Å². The summed E-state index contributed by atoms with van der Waals surface area (Å²) in [4.78, 5) is 32.1. The number of rotatable bonds is 10. The molecule has 0 atom stereocenters. The zero-order valence-corrected chi connectivity index (χ0v) is 26.6. The zero-order chi connectivity index (χ0) is 33.3. The molecule has 16 heteroatoms. The van der Waals surface area contributed by atoms with E-state index in [1.54, 1.807) is 25.0 Å². The lowest BCUT2D eigenvalue weighted by Gasteiger charge is -2.07. The average Bonchev–Trinajstić information content (AvgIpc) is 3.92. The molecule has 8 N–H and O–H groups in total. The second-order valence-corrected chi connectivity index (χ2v) is 12.3. The van der Waals surface area contributed by atoms with Gasteiger partial charge in [0.25, 0.3) is 0 Å². The third-order valence-electron chi connectivity index (χ3n) is 8.41. The largest absolute Gasteiger partial charge is 0.345 e. The Labute approximate surface area is 284 Å². The van der Waals surface area contributed by atoms with Gasteiger partial charge >= 0.3 is 0 Å². The number of aromatic nitrogens is 12. The lowest BCUT2D eigenvalue weighted by Crippen LogP contribution is -2.00.